The number of benzene rings is 1. The van der Waals surface area contributed by atoms with Crippen LogP contribution in [0.2, 0.25) is 0 Å². The largest absolute Gasteiger partial charge is 0.397 e. The van der Waals surface area contributed by atoms with Gasteiger partial charge in [-0.1, -0.05) is 12.1 Å². The first-order chi connectivity index (χ1) is 5.88. The van der Waals surface area contributed by atoms with Crippen molar-refractivity contribution in [1.82, 2.24) is 0 Å². The Bertz CT molecular complexity index is 269. The van der Waals surface area contributed by atoms with E-state index in [1.54, 1.807) is 0 Å². The molecule has 0 radical (unpaired) electrons. The molecule has 0 spiro atoms. The number of hydrogen-bond acceptors (Lipinski definition) is 3. The van der Waals surface area contributed by atoms with Crippen LogP contribution in [0.15, 0.2) is 24.3 Å². The van der Waals surface area contributed by atoms with E-state index in [4.69, 9.17) is 10.6 Å². The summed E-state index contributed by atoms with van der Waals surface area (Å²) in [6.45, 7) is 1.74. The van der Waals surface area contributed by atoms with E-state index in [-0.39, 0.29) is 0 Å². The molecule has 0 aliphatic carbocycles. The van der Waals surface area contributed by atoms with Gasteiger partial charge in [-0.2, -0.15) is 0 Å². The van der Waals surface area contributed by atoms with Crippen molar-refractivity contribution in [2.24, 2.45) is 0 Å². The molecule has 12 heavy (non-hydrogen) atoms. The summed E-state index contributed by atoms with van der Waals surface area (Å²) in [6.07, 6.45) is 1.08. The van der Waals surface area contributed by atoms with Gasteiger partial charge >= 0.3 is 0 Å². The van der Waals surface area contributed by atoms with E-state index in [1.807, 2.05) is 29.3 Å². The SMILES string of the molecule is Nc1ccccc1N1CCCO1. The second-order valence-electron chi connectivity index (χ2n) is 2.85. The lowest BCUT2D eigenvalue weighted by Crippen LogP contribution is -2.17. The molecule has 1 heterocycles. The molecule has 0 bridgehead atoms. The molecule has 0 unspecified atom stereocenters. The normalized spacial score (nSPS) is 16.8. The van der Waals surface area contributed by atoms with Crippen molar-refractivity contribution in [3.63, 3.8) is 0 Å². The molecular formula is C9H12N2O. The molecule has 1 aliphatic heterocycles. The molecule has 1 fully saturated rings. The highest BCUT2D eigenvalue weighted by Gasteiger charge is 2.14. The van der Waals surface area contributed by atoms with Crippen LogP contribution < -0.4 is 10.8 Å². The molecule has 0 aromatic heterocycles. The molecule has 0 saturated carbocycles. The zero-order valence-electron chi connectivity index (χ0n) is 6.86. The van der Waals surface area contributed by atoms with Crippen LogP contribution in [0, 0.1) is 0 Å². The molecule has 1 saturated heterocycles. The van der Waals surface area contributed by atoms with E-state index < -0.39 is 0 Å². The highest BCUT2D eigenvalue weighted by molar-refractivity contribution is 5.66. The molecule has 1 aromatic carbocycles. The Morgan fingerprint density at radius 3 is 2.83 bits per heavy atom. The van der Waals surface area contributed by atoms with Gasteiger partial charge < -0.3 is 5.73 Å². The summed E-state index contributed by atoms with van der Waals surface area (Å²) in [5.74, 6) is 0. The zero-order chi connectivity index (χ0) is 8.39. The first kappa shape index (κ1) is 7.43. The third kappa shape index (κ3) is 1.23. The van der Waals surface area contributed by atoms with Gasteiger partial charge in [-0.05, 0) is 18.6 Å². The lowest BCUT2D eigenvalue weighted by molar-refractivity contribution is 0.168. The van der Waals surface area contributed by atoms with E-state index in [2.05, 4.69) is 0 Å². The van der Waals surface area contributed by atoms with Gasteiger partial charge in [0.25, 0.3) is 0 Å². The van der Waals surface area contributed by atoms with E-state index in [0.29, 0.717) is 0 Å². The lowest BCUT2D eigenvalue weighted by Gasteiger charge is -2.17. The van der Waals surface area contributed by atoms with Gasteiger partial charge in [0.15, 0.2) is 0 Å². The van der Waals surface area contributed by atoms with Gasteiger partial charge in [-0.3, -0.25) is 9.90 Å². The van der Waals surface area contributed by atoms with Crippen molar-refractivity contribution in [2.75, 3.05) is 23.9 Å². The smallest absolute Gasteiger partial charge is 0.0865 e. The maximum absolute atomic E-state index is 5.78. The molecule has 1 aliphatic rings. The Morgan fingerprint density at radius 1 is 1.33 bits per heavy atom. The average molecular weight is 164 g/mol. The maximum atomic E-state index is 5.78. The second kappa shape index (κ2) is 3.03. The summed E-state index contributed by atoms with van der Waals surface area (Å²) < 4.78 is 0. The number of nitrogen functional groups attached to an aromatic ring is 1. The number of anilines is 2. The predicted molar refractivity (Wildman–Crippen MR) is 48.8 cm³/mol. The molecule has 2 N–H and O–H groups in total. The number of para-hydroxylation sites is 2. The fourth-order valence-corrected chi connectivity index (χ4v) is 1.35. The third-order valence-corrected chi connectivity index (χ3v) is 1.96. The van der Waals surface area contributed by atoms with Gasteiger partial charge in [-0.25, -0.2) is 0 Å². The van der Waals surface area contributed by atoms with Crippen LogP contribution in [0.4, 0.5) is 11.4 Å². The monoisotopic (exact) mass is 164 g/mol. The van der Waals surface area contributed by atoms with E-state index in [0.717, 1.165) is 30.9 Å². The van der Waals surface area contributed by atoms with Crippen LogP contribution >= 0.6 is 0 Å². The Labute approximate surface area is 71.7 Å². The quantitative estimate of drug-likeness (QED) is 0.638. The van der Waals surface area contributed by atoms with Gasteiger partial charge in [0.2, 0.25) is 0 Å². The number of rotatable bonds is 1. The fourth-order valence-electron chi connectivity index (χ4n) is 1.35. The molecule has 1 aromatic rings. The molecule has 3 nitrogen and oxygen atoms in total. The summed E-state index contributed by atoms with van der Waals surface area (Å²) in [6, 6.07) is 7.75. The number of hydrogen-bond donors (Lipinski definition) is 1. The predicted octanol–water partition coefficient (Wildman–Crippen LogP) is 1.41. The van der Waals surface area contributed by atoms with Crippen molar-refractivity contribution < 1.29 is 4.84 Å². The summed E-state index contributed by atoms with van der Waals surface area (Å²) in [5, 5.41) is 1.86. The Balaban J connectivity index is 2.26. The van der Waals surface area contributed by atoms with Crippen LogP contribution in [0.3, 0.4) is 0 Å². The van der Waals surface area contributed by atoms with E-state index in [9.17, 15) is 0 Å². The number of nitrogens with zero attached hydrogens (tertiary/aromatic N) is 1. The van der Waals surface area contributed by atoms with Crippen LogP contribution in [-0.2, 0) is 4.84 Å². The van der Waals surface area contributed by atoms with Crippen molar-refractivity contribution in [3.05, 3.63) is 24.3 Å². The number of nitrogens with two attached hydrogens (primary N) is 1. The Hall–Kier alpha value is -1.22. The minimum Gasteiger partial charge on any atom is -0.397 e. The minimum atomic E-state index is 0.777. The summed E-state index contributed by atoms with van der Waals surface area (Å²) in [5.41, 5.74) is 7.54. The van der Waals surface area contributed by atoms with Crippen molar-refractivity contribution in [2.45, 2.75) is 6.42 Å². The Morgan fingerprint density at radius 2 is 2.17 bits per heavy atom. The molecule has 64 valence electrons. The van der Waals surface area contributed by atoms with Gasteiger partial charge in [0.05, 0.1) is 18.0 Å². The highest BCUT2D eigenvalue weighted by Crippen LogP contribution is 2.24. The van der Waals surface area contributed by atoms with Gasteiger partial charge in [0.1, 0.15) is 0 Å². The molecule has 0 atom stereocenters. The molecule has 0 amide bonds. The zero-order valence-corrected chi connectivity index (χ0v) is 6.86. The van der Waals surface area contributed by atoms with Crippen molar-refractivity contribution >= 4 is 11.4 Å². The lowest BCUT2D eigenvalue weighted by atomic mass is 10.2. The summed E-state index contributed by atoms with van der Waals surface area (Å²) in [7, 11) is 0. The van der Waals surface area contributed by atoms with Gasteiger partial charge in [-0.15, -0.1) is 0 Å². The minimum absolute atomic E-state index is 0.777. The summed E-state index contributed by atoms with van der Waals surface area (Å²) in [4.78, 5) is 5.37. The van der Waals surface area contributed by atoms with E-state index >= 15 is 0 Å². The van der Waals surface area contributed by atoms with Crippen molar-refractivity contribution in [3.8, 4) is 0 Å². The topological polar surface area (TPSA) is 38.5 Å². The van der Waals surface area contributed by atoms with Crippen LogP contribution in [-0.4, -0.2) is 13.2 Å². The van der Waals surface area contributed by atoms with Crippen LogP contribution in [0.25, 0.3) is 0 Å². The average Bonchev–Trinajstić information content (AvgIpc) is 2.57. The first-order valence-electron chi connectivity index (χ1n) is 4.13. The first-order valence-corrected chi connectivity index (χ1v) is 4.13. The van der Waals surface area contributed by atoms with Crippen LogP contribution in [0.1, 0.15) is 6.42 Å². The maximum Gasteiger partial charge on any atom is 0.0865 e. The van der Waals surface area contributed by atoms with Crippen LogP contribution in [0.5, 0.6) is 0 Å². The summed E-state index contributed by atoms with van der Waals surface area (Å²) >= 11 is 0. The second-order valence-corrected chi connectivity index (χ2v) is 2.85. The standard InChI is InChI=1S/C9H12N2O/c10-8-4-1-2-5-9(8)11-6-3-7-12-11/h1-2,4-5H,3,6-7,10H2. The fraction of sp³-hybridized carbons (Fsp3) is 0.333. The third-order valence-electron chi connectivity index (χ3n) is 1.96. The van der Waals surface area contributed by atoms with E-state index in [1.165, 1.54) is 0 Å². The number of hydroxylamine groups is 1. The molecule has 3 heteroatoms. The Kier molecular flexibility index (Phi) is 1.87. The highest BCUT2D eigenvalue weighted by atomic mass is 16.7. The van der Waals surface area contributed by atoms with Gasteiger partial charge in [0, 0.05) is 6.54 Å². The van der Waals surface area contributed by atoms with Crippen molar-refractivity contribution in [1.29, 1.82) is 0 Å². The molecule has 2 rings (SSSR count). The molecular weight excluding hydrogens is 152 g/mol.